The number of piperazine rings is 1. The number of benzene rings is 2. The maximum Gasteiger partial charge on any atom is 0.319 e. The van der Waals surface area contributed by atoms with E-state index in [4.69, 9.17) is 31.0 Å². The van der Waals surface area contributed by atoms with Crippen molar-refractivity contribution in [3.8, 4) is 17.3 Å². The number of aromatic nitrogens is 3. The molecule has 4 atom stereocenters. The molecule has 7 heterocycles. The predicted molar refractivity (Wildman–Crippen MR) is 178 cm³/mol. The minimum absolute atomic E-state index is 0.0344. The summed E-state index contributed by atoms with van der Waals surface area (Å²) in [6.45, 7) is 5.32. The molecular weight excluding hydrogens is 635 g/mol. The Bertz CT molecular complexity index is 1960. The van der Waals surface area contributed by atoms with E-state index in [2.05, 4.69) is 14.8 Å². The van der Waals surface area contributed by atoms with Gasteiger partial charge in [0.1, 0.15) is 29.6 Å². The molecule has 0 N–H and O–H groups in total. The van der Waals surface area contributed by atoms with Gasteiger partial charge in [-0.05, 0) is 70.0 Å². The summed E-state index contributed by atoms with van der Waals surface area (Å²) in [6, 6.07) is 11.2. The van der Waals surface area contributed by atoms with Crippen molar-refractivity contribution in [3.63, 3.8) is 0 Å². The van der Waals surface area contributed by atoms with Gasteiger partial charge >= 0.3 is 12.0 Å². The quantitative estimate of drug-likeness (QED) is 0.250. The van der Waals surface area contributed by atoms with Crippen LogP contribution in [0.3, 0.4) is 0 Å². The van der Waals surface area contributed by atoms with Gasteiger partial charge in [0, 0.05) is 47.3 Å². The fraction of sp³-hybridized carbons (Fsp3) is 0.472. The lowest BCUT2D eigenvalue weighted by Gasteiger charge is -2.44. The monoisotopic (exact) mass is 670 g/mol. The second-order valence-electron chi connectivity index (χ2n) is 14.0. The zero-order valence-corrected chi connectivity index (χ0v) is 27.5. The molecule has 9 rings (SSSR count). The molecular formula is C36H36ClFN6O4. The van der Waals surface area contributed by atoms with Crippen molar-refractivity contribution in [2.24, 2.45) is 5.92 Å². The van der Waals surface area contributed by atoms with Gasteiger partial charge in [-0.3, -0.25) is 19.5 Å². The molecule has 2 bridgehead atoms. The van der Waals surface area contributed by atoms with Gasteiger partial charge in [-0.25, -0.2) is 4.39 Å². The van der Waals surface area contributed by atoms with Gasteiger partial charge in [-0.2, -0.15) is 9.97 Å². The topological polar surface area (TPSA) is 101 Å². The van der Waals surface area contributed by atoms with E-state index < -0.39 is 17.8 Å². The third kappa shape index (κ3) is 4.57. The smallest absolute Gasteiger partial charge is 0.319 e. The summed E-state index contributed by atoms with van der Waals surface area (Å²) in [6.07, 6.45) is 6.96. The highest BCUT2D eigenvalue weighted by Gasteiger charge is 2.52. The van der Waals surface area contributed by atoms with Crippen molar-refractivity contribution in [1.82, 2.24) is 24.8 Å². The minimum atomic E-state index is -0.726. The fourth-order valence-corrected chi connectivity index (χ4v) is 9.18. The first kappa shape index (κ1) is 30.0. The molecule has 0 spiro atoms. The van der Waals surface area contributed by atoms with Crippen LogP contribution in [-0.2, 0) is 14.3 Å². The Kier molecular flexibility index (Phi) is 7.02. The zero-order valence-electron chi connectivity index (χ0n) is 26.7. The van der Waals surface area contributed by atoms with Crippen LogP contribution < -0.4 is 9.64 Å². The first-order valence-electron chi connectivity index (χ1n) is 17.0. The van der Waals surface area contributed by atoms with E-state index in [0.717, 1.165) is 62.4 Å². The van der Waals surface area contributed by atoms with E-state index in [1.807, 2.05) is 35.2 Å². The average molecular weight is 671 g/mol. The van der Waals surface area contributed by atoms with Crippen LogP contribution in [0.2, 0.25) is 5.02 Å². The van der Waals surface area contributed by atoms with E-state index in [1.165, 1.54) is 0 Å². The van der Waals surface area contributed by atoms with Gasteiger partial charge in [0.15, 0.2) is 11.9 Å². The van der Waals surface area contributed by atoms with Gasteiger partial charge in [-0.15, -0.1) is 0 Å². The Morgan fingerprint density at radius 1 is 1.08 bits per heavy atom. The highest BCUT2D eigenvalue weighted by atomic mass is 35.5. The highest BCUT2D eigenvalue weighted by molar-refractivity contribution is 6.36. The SMILES string of the molecule is CC1C(=O)OC1C(=O)N1C2CCC1CN(c1nc(OCC34CCCN3CCC4)nc3c(F)c(-c4cccc5cccc(Cl)c45)ncc13)C2. The maximum absolute atomic E-state index is 16.9. The summed E-state index contributed by atoms with van der Waals surface area (Å²) >= 11 is 6.64. The Labute approximate surface area is 282 Å². The zero-order chi connectivity index (χ0) is 32.7. The molecule has 248 valence electrons. The van der Waals surface area contributed by atoms with E-state index >= 15 is 4.39 Å². The van der Waals surface area contributed by atoms with Crippen LogP contribution in [0, 0.1) is 11.7 Å². The number of ether oxygens (including phenoxy) is 2. The summed E-state index contributed by atoms with van der Waals surface area (Å²) in [4.78, 5) is 46.0. The average Bonchev–Trinajstić information content (AvgIpc) is 3.76. The first-order chi connectivity index (χ1) is 23.3. The predicted octanol–water partition coefficient (Wildman–Crippen LogP) is 5.39. The van der Waals surface area contributed by atoms with Crippen LogP contribution in [0.5, 0.6) is 6.01 Å². The van der Waals surface area contributed by atoms with Crippen LogP contribution in [0.4, 0.5) is 10.2 Å². The molecule has 1 amide bonds. The Morgan fingerprint density at radius 2 is 1.81 bits per heavy atom. The third-order valence-electron chi connectivity index (χ3n) is 11.4. The molecule has 5 saturated heterocycles. The van der Waals surface area contributed by atoms with Gasteiger partial charge in [-0.1, -0.05) is 41.9 Å². The molecule has 2 aromatic carbocycles. The number of fused-ring (bicyclic) bond motifs is 5. The van der Waals surface area contributed by atoms with E-state index in [-0.39, 0.29) is 46.7 Å². The molecule has 10 nitrogen and oxygen atoms in total. The van der Waals surface area contributed by atoms with Gasteiger partial charge in [0.2, 0.25) is 0 Å². The minimum Gasteiger partial charge on any atom is -0.461 e. The summed E-state index contributed by atoms with van der Waals surface area (Å²) < 4.78 is 28.5. The Morgan fingerprint density at radius 3 is 2.52 bits per heavy atom. The third-order valence-corrected chi connectivity index (χ3v) is 11.7. The lowest BCUT2D eigenvalue weighted by molar-refractivity contribution is -0.192. The van der Waals surface area contributed by atoms with Crippen molar-refractivity contribution < 1.29 is 23.5 Å². The second-order valence-corrected chi connectivity index (χ2v) is 14.5. The lowest BCUT2D eigenvalue weighted by Crippen LogP contribution is -2.62. The van der Waals surface area contributed by atoms with Crippen molar-refractivity contribution in [2.75, 3.05) is 37.7 Å². The van der Waals surface area contributed by atoms with E-state index in [9.17, 15) is 9.59 Å². The Hall–Kier alpha value is -4.09. The number of esters is 1. The molecule has 2 aromatic heterocycles. The Balaban J connectivity index is 1.11. The molecule has 0 radical (unpaired) electrons. The lowest BCUT2D eigenvalue weighted by atomic mass is 9.95. The van der Waals surface area contributed by atoms with Crippen LogP contribution in [0.1, 0.15) is 45.4 Å². The number of carbonyl (C=O) groups excluding carboxylic acids is 2. The summed E-state index contributed by atoms with van der Waals surface area (Å²) in [5.74, 6) is -0.919. The number of carbonyl (C=O) groups is 2. The largest absolute Gasteiger partial charge is 0.461 e. The number of anilines is 1. The van der Waals surface area contributed by atoms with Crippen LogP contribution in [0.25, 0.3) is 32.9 Å². The molecule has 4 unspecified atom stereocenters. The van der Waals surface area contributed by atoms with Gasteiger partial charge < -0.3 is 19.3 Å². The standard InChI is InChI=1S/C36H36ClFN6O4/c1-20-31(48-34(20)46)33(45)44-22-10-11-23(44)18-42(17-22)32-25-16-39-29(24-8-2-6-21-7-3-9-26(37)27(21)24)28(38)30(25)40-35(41-32)47-19-36-12-4-14-43(36)15-5-13-36/h2-3,6-9,16,20,22-23,31H,4-5,10-15,17-19H2,1H3. The first-order valence-corrected chi connectivity index (χ1v) is 17.4. The normalized spacial score (nSPS) is 26.2. The van der Waals surface area contributed by atoms with E-state index in [1.54, 1.807) is 19.2 Å². The van der Waals surface area contributed by atoms with Crippen molar-refractivity contribution >= 4 is 51.0 Å². The van der Waals surface area contributed by atoms with Crippen molar-refractivity contribution in [2.45, 2.75) is 69.2 Å². The molecule has 5 aliphatic rings. The molecule has 4 aromatic rings. The molecule has 12 heteroatoms. The van der Waals surface area contributed by atoms with E-state index in [0.29, 0.717) is 41.5 Å². The number of rotatable bonds is 6. The fourth-order valence-electron chi connectivity index (χ4n) is 8.90. The number of halogens is 2. The van der Waals surface area contributed by atoms with Gasteiger partial charge in [0.05, 0.1) is 10.9 Å². The molecule has 0 aliphatic carbocycles. The molecule has 48 heavy (non-hydrogen) atoms. The number of cyclic esters (lactones) is 1. The van der Waals surface area contributed by atoms with Gasteiger partial charge in [0.25, 0.3) is 5.91 Å². The number of hydrogen-bond acceptors (Lipinski definition) is 9. The second kappa shape index (κ2) is 11.2. The number of amides is 1. The molecule has 5 aliphatic heterocycles. The highest BCUT2D eigenvalue weighted by Crippen LogP contribution is 2.42. The van der Waals surface area contributed by atoms with Crippen molar-refractivity contribution in [1.29, 1.82) is 0 Å². The van der Waals surface area contributed by atoms with Crippen LogP contribution in [-0.4, -0.2) is 93.1 Å². The molecule has 0 saturated carbocycles. The summed E-state index contributed by atoms with van der Waals surface area (Å²) in [5.41, 5.74) is 0.848. The number of hydrogen-bond donors (Lipinski definition) is 0. The summed E-state index contributed by atoms with van der Waals surface area (Å²) in [5, 5.41) is 2.61. The van der Waals surface area contributed by atoms with Crippen LogP contribution in [0.15, 0.2) is 42.6 Å². The number of nitrogens with zero attached hydrogens (tertiary/aromatic N) is 6. The summed E-state index contributed by atoms with van der Waals surface area (Å²) in [7, 11) is 0. The van der Waals surface area contributed by atoms with Crippen LogP contribution >= 0.6 is 11.6 Å². The van der Waals surface area contributed by atoms with Crippen molar-refractivity contribution in [3.05, 3.63) is 53.4 Å². The number of pyridine rings is 1. The molecule has 5 fully saturated rings. The maximum atomic E-state index is 16.9.